The summed E-state index contributed by atoms with van der Waals surface area (Å²) in [6.45, 7) is 2.06. The van der Waals surface area contributed by atoms with Crippen molar-refractivity contribution in [1.29, 1.82) is 0 Å². The number of nitrogens with one attached hydrogen (secondary N) is 2. The average molecular weight is 378 g/mol. The average Bonchev–Trinajstić information content (AvgIpc) is 2.59. The molecule has 1 amide bonds. The number of hydrogen-bond acceptors (Lipinski definition) is 5. The Balaban J connectivity index is 1.96. The van der Waals surface area contributed by atoms with E-state index in [1.807, 2.05) is 0 Å². The van der Waals surface area contributed by atoms with Crippen molar-refractivity contribution in [3.05, 3.63) is 54.1 Å². The third-order valence-corrected chi connectivity index (χ3v) is 3.99. The molecule has 0 bridgehead atoms. The first-order chi connectivity index (χ1) is 12.3. The van der Waals surface area contributed by atoms with E-state index in [4.69, 9.17) is 9.47 Å². The molecule has 0 aromatic heterocycles. The Kier molecular flexibility index (Phi) is 6.46. The maximum Gasteiger partial charge on any atom is 0.253 e. The maximum absolute atomic E-state index is 12.4. The molecule has 8 heteroatoms. The fourth-order valence-corrected chi connectivity index (χ4v) is 2.78. The van der Waals surface area contributed by atoms with Gasteiger partial charge in [-0.3, -0.25) is 9.52 Å². The van der Waals surface area contributed by atoms with E-state index in [-0.39, 0.29) is 29.8 Å². The Morgan fingerprint density at radius 3 is 2.31 bits per heavy atom. The van der Waals surface area contributed by atoms with Gasteiger partial charge in [-0.05, 0) is 43.3 Å². The van der Waals surface area contributed by atoms with Crippen LogP contribution in [0.25, 0.3) is 0 Å². The van der Waals surface area contributed by atoms with Crippen LogP contribution in [0.2, 0.25) is 0 Å². The van der Waals surface area contributed by atoms with Crippen LogP contribution in [0.4, 0.5) is 5.69 Å². The molecule has 0 unspecified atom stereocenters. The van der Waals surface area contributed by atoms with Crippen molar-refractivity contribution in [2.45, 2.75) is 13.0 Å². The second-order valence-corrected chi connectivity index (χ2v) is 7.53. The SMILES string of the molecule is COc1ccc(OC[C@@H](C)NC(=O)c2ccccc2NS(C)(=O)=O)cc1. The van der Waals surface area contributed by atoms with Crippen LogP contribution in [0.5, 0.6) is 11.5 Å². The molecule has 1 atom stereocenters. The monoisotopic (exact) mass is 378 g/mol. The predicted molar refractivity (Wildman–Crippen MR) is 100 cm³/mol. The minimum absolute atomic E-state index is 0.232. The molecule has 26 heavy (non-hydrogen) atoms. The molecule has 0 aliphatic rings. The van der Waals surface area contributed by atoms with Crippen molar-refractivity contribution in [2.75, 3.05) is 24.7 Å². The molecule has 2 aromatic rings. The second kappa shape index (κ2) is 8.57. The van der Waals surface area contributed by atoms with E-state index < -0.39 is 10.0 Å². The van der Waals surface area contributed by atoms with Crippen molar-refractivity contribution in [3.63, 3.8) is 0 Å². The molecule has 0 saturated heterocycles. The van der Waals surface area contributed by atoms with Crippen molar-refractivity contribution >= 4 is 21.6 Å². The van der Waals surface area contributed by atoms with Crippen molar-refractivity contribution in [1.82, 2.24) is 5.32 Å². The molecule has 0 radical (unpaired) electrons. The lowest BCUT2D eigenvalue weighted by Gasteiger charge is -2.17. The van der Waals surface area contributed by atoms with Gasteiger partial charge in [0.05, 0.1) is 30.7 Å². The van der Waals surface area contributed by atoms with Gasteiger partial charge in [0, 0.05) is 0 Å². The number of hydrogen-bond donors (Lipinski definition) is 2. The van der Waals surface area contributed by atoms with E-state index in [1.54, 1.807) is 56.5 Å². The van der Waals surface area contributed by atoms with Crippen LogP contribution in [0, 0.1) is 0 Å². The number of sulfonamides is 1. The highest BCUT2D eigenvalue weighted by Crippen LogP contribution is 2.18. The predicted octanol–water partition coefficient (Wildman–Crippen LogP) is 2.26. The zero-order chi connectivity index (χ0) is 19.2. The Morgan fingerprint density at radius 1 is 1.08 bits per heavy atom. The van der Waals surface area contributed by atoms with Gasteiger partial charge >= 0.3 is 0 Å². The van der Waals surface area contributed by atoms with E-state index in [0.29, 0.717) is 5.75 Å². The largest absolute Gasteiger partial charge is 0.497 e. The van der Waals surface area contributed by atoms with Crippen LogP contribution in [0.3, 0.4) is 0 Å². The molecule has 2 N–H and O–H groups in total. The number of benzene rings is 2. The third-order valence-electron chi connectivity index (χ3n) is 3.40. The van der Waals surface area contributed by atoms with Crippen LogP contribution in [0.1, 0.15) is 17.3 Å². The summed E-state index contributed by atoms with van der Waals surface area (Å²) in [7, 11) is -1.89. The summed E-state index contributed by atoms with van der Waals surface area (Å²) in [5, 5.41) is 2.79. The van der Waals surface area contributed by atoms with Gasteiger partial charge < -0.3 is 14.8 Å². The lowest BCUT2D eigenvalue weighted by atomic mass is 10.1. The first-order valence-electron chi connectivity index (χ1n) is 7.93. The smallest absolute Gasteiger partial charge is 0.253 e. The molecular formula is C18H22N2O5S. The molecule has 0 spiro atoms. The van der Waals surface area contributed by atoms with Crippen LogP contribution >= 0.6 is 0 Å². The zero-order valence-corrected chi connectivity index (χ0v) is 15.7. The van der Waals surface area contributed by atoms with E-state index >= 15 is 0 Å². The zero-order valence-electron chi connectivity index (χ0n) is 14.9. The number of anilines is 1. The van der Waals surface area contributed by atoms with E-state index in [1.165, 1.54) is 6.07 Å². The highest BCUT2D eigenvalue weighted by molar-refractivity contribution is 7.92. The van der Waals surface area contributed by atoms with Crippen LogP contribution in [-0.2, 0) is 10.0 Å². The maximum atomic E-state index is 12.4. The highest BCUT2D eigenvalue weighted by atomic mass is 32.2. The molecule has 0 heterocycles. The standard InChI is InChI=1S/C18H22N2O5S/c1-13(12-25-15-10-8-14(24-2)9-11-15)19-18(21)16-6-4-5-7-17(16)20-26(3,22)23/h4-11,13,20H,12H2,1-3H3,(H,19,21)/t13-/m1/s1. The summed E-state index contributed by atoms with van der Waals surface area (Å²) < 4.78 is 35.9. The lowest BCUT2D eigenvalue weighted by Crippen LogP contribution is -2.37. The molecular weight excluding hydrogens is 356 g/mol. The Morgan fingerprint density at radius 2 is 1.69 bits per heavy atom. The van der Waals surface area contributed by atoms with Gasteiger partial charge in [0.15, 0.2) is 0 Å². The fraction of sp³-hybridized carbons (Fsp3) is 0.278. The topological polar surface area (TPSA) is 93.7 Å². The summed E-state index contributed by atoms with van der Waals surface area (Å²) in [6.07, 6.45) is 1.03. The van der Waals surface area contributed by atoms with Gasteiger partial charge in [-0.2, -0.15) is 0 Å². The number of methoxy groups -OCH3 is 1. The van der Waals surface area contributed by atoms with Crippen LogP contribution in [-0.4, -0.2) is 40.3 Å². The van der Waals surface area contributed by atoms with Gasteiger partial charge in [0.25, 0.3) is 5.91 Å². The first-order valence-corrected chi connectivity index (χ1v) is 9.82. The van der Waals surface area contributed by atoms with Gasteiger partial charge in [-0.15, -0.1) is 0 Å². The number of amides is 1. The number of ether oxygens (including phenoxy) is 2. The molecule has 7 nitrogen and oxygen atoms in total. The molecule has 140 valence electrons. The van der Waals surface area contributed by atoms with Crippen LogP contribution in [0.15, 0.2) is 48.5 Å². The summed E-state index contributed by atoms with van der Waals surface area (Å²) in [4.78, 5) is 12.4. The summed E-state index contributed by atoms with van der Waals surface area (Å²) in [6, 6.07) is 13.3. The van der Waals surface area contributed by atoms with Crippen LogP contribution < -0.4 is 19.5 Å². The number of carbonyl (C=O) groups excluding carboxylic acids is 1. The lowest BCUT2D eigenvalue weighted by molar-refractivity contribution is 0.0927. The molecule has 2 aromatic carbocycles. The Labute approximate surface area is 153 Å². The first kappa shape index (κ1) is 19.6. The summed E-state index contributed by atoms with van der Waals surface area (Å²) in [5.41, 5.74) is 0.477. The number of carbonyl (C=O) groups is 1. The molecule has 2 rings (SSSR count). The second-order valence-electron chi connectivity index (χ2n) is 5.78. The van der Waals surface area contributed by atoms with Gasteiger partial charge in [0.2, 0.25) is 10.0 Å². The van der Waals surface area contributed by atoms with Gasteiger partial charge in [-0.25, -0.2) is 8.42 Å². The quantitative estimate of drug-likeness (QED) is 0.735. The number of para-hydroxylation sites is 1. The molecule has 0 aliphatic heterocycles. The van der Waals surface area contributed by atoms with E-state index in [0.717, 1.165) is 12.0 Å². The van der Waals surface area contributed by atoms with E-state index in [2.05, 4.69) is 10.0 Å². The minimum atomic E-state index is -3.48. The van der Waals surface area contributed by atoms with Crippen molar-refractivity contribution in [2.24, 2.45) is 0 Å². The molecule has 0 fully saturated rings. The van der Waals surface area contributed by atoms with Crippen molar-refractivity contribution in [3.8, 4) is 11.5 Å². The minimum Gasteiger partial charge on any atom is -0.497 e. The highest BCUT2D eigenvalue weighted by Gasteiger charge is 2.16. The Bertz CT molecular complexity index is 850. The van der Waals surface area contributed by atoms with Gasteiger partial charge in [-0.1, -0.05) is 12.1 Å². The van der Waals surface area contributed by atoms with E-state index in [9.17, 15) is 13.2 Å². The Hall–Kier alpha value is -2.74. The summed E-state index contributed by atoms with van der Waals surface area (Å²) in [5.74, 6) is 1.00. The summed E-state index contributed by atoms with van der Waals surface area (Å²) >= 11 is 0. The number of rotatable bonds is 8. The fourth-order valence-electron chi connectivity index (χ4n) is 2.21. The third kappa shape index (κ3) is 5.96. The molecule has 0 aliphatic carbocycles. The normalized spacial score (nSPS) is 12.1. The van der Waals surface area contributed by atoms with Crippen molar-refractivity contribution < 1.29 is 22.7 Å². The van der Waals surface area contributed by atoms with Gasteiger partial charge in [0.1, 0.15) is 18.1 Å². The molecule has 0 saturated carbocycles.